The van der Waals surface area contributed by atoms with Crippen molar-refractivity contribution in [2.75, 3.05) is 13.1 Å². The molecule has 1 fully saturated rings. The minimum Gasteiger partial charge on any atom is -0.481 e. The molecule has 0 saturated carbocycles. The summed E-state index contributed by atoms with van der Waals surface area (Å²) < 4.78 is 0. The summed E-state index contributed by atoms with van der Waals surface area (Å²) in [5, 5.41) is 19.8. The van der Waals surface area contributed by atoms with Crippen LogP contribution in [-0.2, 0) is 16.0 Å². The van der Waals surface area contributed by atoms with Gasteiger partial charge in [0.25, 0.3) is 5.69 Å². The zero-order chi connectivity index (χ0) is 15.6. The Balaban J connectivity index is 1.96. The number of hydrogen-bond donors (Lipinski definition) is 1. The highest BCUT2D eigenvalue weighted by molar-refractivity contribution is 5.81. The first-order valence-corrected chi connectivity index (χ1v) is 6.63. The maximum Gasteiger partial charge on any atom is 0.306 e. The largest absolute Gasteiger partial charge is 0.481 e. The number of nitro benzene ring substituents is 1. The Bertz CT molecular complexity index is 580. The quantitative estimate of drug-likeness (QED) is 0.651. The molecule has 0 radical (unpaired) electrons. The van der Waals surface area contributed by atoms with Crippen molar-refractivity contribution in [3.8, 4) is 0 Å². The molecule has 1 atom stereocenters. The molecule has 112 valence electrons. The van der Waals surface area contributed by atoms with E-state index in [2.05, 4.69) is 0 Å². The molecule has 0 spiro atoms. The van der Waals surface area contributed by atoms with Crippen molar-refractivity contribution in [3.05, 3.63) is 39.9 Å². The zero-order valence-corrected chi connectivity index (χ0v) is 11.6. The van der Waals surface area contributed by atoms with E-state index < -0.39 is 16.8 Å². The van der Waals surface area contributed by atoms with E-state index in [-0.39, 0.29) is 23.9 Å². The number of benzene rings is 1. The predicted molar refractivity (Wildman–Crippen MR) is 73.7 cm³/mol. The fraction of sp³-hybridized carbons (Fsp3) is 0.429. The molecular weight excluding hydrogens is 276 g/mol. The van der Waals surface area contributed by atoms with Crippen molar-refractivity contribution in [3.63, 3.8) is 0 Å². The van der Waals surface area contributed by atoms with Crippen molar-refractivity contribution < 1.29 is 19.6 Å². The number of carbonyl (C=O) groups excluding carboxylic acids is 1. The van der Waals surface area contributed by atoms with Crippen LogP contribution in [0, 0.1) is 22.0 Å². The Hall–Kier alpha value is -2.44. The van der Waals surface area contributed by atoms with Crippen LogP contribution in [0.15, 0.2) is 24.3 Å². The number of amides is 1. The lowest BCUT2D eigenvalue weighted by molar-refractivity contribution is -0.385. The average Bonchev–Trinajstić information content (AvgIpc) is 2.36. The topological polar surface area (TPSA) is 101 Å². The molecule has 21 heavy (non-hydrogen) atoms. The number of carbonyl (C=O) groups is 2. The lowest BCUT2D eigenvalue weighted by atomic mass is 9.86. The first-order chi connectivity index (χ1) is 9.90. The number of carboxylic acids is 1. The molecule has 1 aromatic carbocycles. The molecule has 1 saturated heterocycles. The third-order valence-corrected chi connectivity index (χ3v) is 3.89. The molecule has 2 rings (SSSR count). The van der Waals surface area contributed by atoms with Crippen LogP contribution in [0.5, 0.6) is 0 Å². The summed E-state index contributed by atoms with van der Waals surface area (Å²) in [6, 6.07) is 6.14. The van der Waals surface area contributed by atoms with Gasteiger partial charge in [-0.2, -0.15) is 0 Å². The molecule has 0 aromatic heterocycles. The Morgan fingerprint density at radius 2 is 2.05 bits per heavy atom. The normalized spacial score (nSPS) is 16.1. The van der Waals surface area contributed by atoms with E-state index in [1.54, 1.807) is 30.0 Å². The molecule has 1 amide bonds. The van der Waals surface area contributed by atoms with Gasteiger partial charge in [0.15, 0.2) is 0 Å². The second kappa shape index (κ2) is 5.90. The van der Waals surface area contributed by atoms with Crippen molar-refractivity contribution in [1.29, 1.82) is 0 Å². The summed E-state index contributed by atoms with van der Waals surface area (Å²) in [6.45, 7) is 2.41. The molecule has 1 aliphatic rings. The first-order valence-electron chi connectivity index (χ1n) is 6.63. The van der Waals surface area contributed by atoms with E-state index in [4.69, 9.17) is 5.11 Å². The molecular formula is C14H16N2O5. The number of aliphatic carboxylic acids is 1. The van der Waals surface area contributed by atoms with Gasteiger partial charge in [0.05, 0.1) is 17.3 Å². The van der Waals surface area contributed by atoms with Gasteiger partial charge < -0.3 is 10.0 Å². The standard InChI is InChI=1S/C14H16N2O5/c1-9(14(18)19)11-7-15(8-11)13(17)6-10-4-2-3-5-12(10)16(20)21/h2-5,9,11H,6-8H2,1H3,(H,18,19). The summed E-state index contributed by atoms with van der Waals surface area (Å²) >= 11 is 0. The monoisotopic (exact) mass is 292 g/mol. The molecule has 7 nitrogen and oxygen atoms in total. The van der Waals surface area contributed by atoms with Crippen molar-refractivity contribution in [1.82, 2.24) is 4.90 Å². The van der Waals surface area contributed by atoms with Crippen LogP contribution in [0.1, 0.15) is 12.5 Å². The van der Waals surface area contributed by atoms with Gasteiger partial charge in [0, 0.05) is 30.6 Å². The molecule has 0 bridgehead atoms. The molecule has 1 aliphatic heterocycles. The number of para-hydroxylation sites is 1. The van der Waals surface area contributed by atoms with Crippen molar-refractivity contribution >= 4 is 17.6 Å². The number of hydrogen-bond acceptors (Lipinski definition) is 4. The van der Waals surface area contributed by atoms with Gasteiger partial charge in [-0.05, 0) is 0 Å². The summed E-state index contributed by atoms with van der Waals surface area (Å²) in [7, 11) is 0. The highest BCUT2D eigenvalue weighted by atomic mass is 16.6. The molecule has 1 N–H and O–H groups in total. The van der Waals surface area contributed by atoms with E-state index in [0.717, 1.165) is 0 Å². The van der Waals surface area contributed by atoms with Gasteiger partial charge in [-0.25, -0.2) is 0 Å². The van der Waals surface area contributed by atoms with E-state index in [0.29, 0.717) is 18.7 Å². The number of likely N-dealkylation sites (tertiary alicyclic amines) is 1. The number of rotatable bonds is 5. The van der Waals surface area contributed by atoms with Crippen molar-refractivity contribution in [2.45, 2.75) is 13.3 Å². The van der Waals surface area contributed by atoms with Crippen LogP contribution in [0.4, 0.5) is 5.69 Å². The Labute approximate surface area is 121 Å². The molecule has 1 aromatic rings. The van der Waals surface area contributed by atoms with Gasteiger partial charge in [-0.3, -0.25) is 19.7 Å². The van der Waals surface area contributed by atoms with Crippen LogP contribution in [0.2, 0.25) is 0 Å². The summed E-state index contributed by atoms with van der Waals surface area (Å²) in [5.41, 5.74) is 0.309. The van der Waals surface area contributed by atoms with Crippen LogP contribution in [-0.4, -0.2) is 39.9 Å². The van der Waals surface area contributed by atoms with E-state index >= 15 is 0 Å². The number of nitrogens with zero attached hydrogens (tertiary/aromatic N) is 2. The molecule has 0 aliphatic carbocycles. The molecule has 1 heterocycles. The maximum atomic E-state index is 12.1. The molecule has 7 heteroatoms. The van der Waals surface area contributed by atoms with E-state index in [9.17, 15) is 19.7 Å². The Morgan fingerprint density at radius 1 is 1.43 bits per heavy atom. The third-order valence-electron chi connectivity index (χ3n) is 3.89. The van der Waals surface area contributed by atoms with Crippen LogP contribution >= 0.6 is 0 Å². The second-order valence-corrected chi connectivity index (χ2v) is 5.25. The average molecular weight is 292 g/mol. The predicted octanol–water partition coefficient (Wildman–Crippen LogP) is 1.32. The summed E-state index contributed by atoms with van der Waals surface area (Å²) in [6.07, 6.45) is -0.0364. The van der Waals surface area contributed by atoms with Crippen LogP contribution in [0.25, 0.3) is 0 Å². The van der Waals surface area contributed by atoms with E-state index in [1.165, 1.54) is 6.07 Å². The highest BCUT2D eigenvalue weighted by Gasteiger charge is 2.37. The number of carboxylic acid groups (broad SMARTS) is 1. The Kier molecular flexibility index (Phi) is 4.21. The van der Waals surface area contributed by atoms with Crippen molar-refractivity contribution in [2.24, 2.45) is 11.8 Å². The lowest BCUT2D eigenvalue weighted by Crippen LogP contribution is -2.53. The second-order valence-electron chi connectivity index (χ2n) is 5.25. The minimum absolute atomic E-state index is 0.0364. The third kappa shape index (κ3) is 3.18. The smallest absolute Gasteiger partial charge is 0.306 e. The van der Waals surface area contributed by atoms with E-state index in [1.807, 2.05) is 0 Å². The fourth-order valence-corrected chi connectivity index (χ4v) is 2.35. The highest BCUT2D eigenvalue weighted by Crippen LogP contribution is 2.26. The first kappa shape index (κ1) is 15.0. The molecule has 1 unspecified atom stereocenters. The van der Waals surface area contributed by atoms with Gasteiger partial charge >= 0.3 is 5.97 Å². The maximum absolute atomic E-state index is 12.1. The summed E-state index contributed by atoms with van der Waals surface area (Å²) in [5.74, 6) is -1.61. The van der Waals surface area contributed by atoms with Gasteiger partial charge in [0.2, 0.25) is 5.91 Å². The van der Waals surface area contributed by atoms with Gasteiger partial charge in [-0.1, -0.05) is 25.1 Å². The lowest BCUT2D eigenvalue weighted by Gasteiger charge is -2.41. The SMILES string of the molecule is CC(C(=O)O)C1CN(C(=O)Cc2ccccc2[N+](=O)[O-])C1. The van der Waals surface area contributed by atoms with Gasteiger partial charge in [0.1, 0.15) is 0 Å². The van der Waals surface area contributed by atoms with Gasteiger partial charge in [-0.15, -0.1) is 0 Å². The van der Waals surface area contributed by atoms with Crippen LogP contribution in [0.3, 0.4) is 0 Å². The Morgan fingerprint density at radius 3 is 2.62 bits per heavy atom. The minimum atomic E-state index is -0.870. The number of nitro groups is 1. The fourth-order valence-electron chi connectivity index (χ4n) is 2.35. The van der Waals surface area contributed by atoms with Crippen LogP contribution < -0.4 is 0 Å². The zero-order valence-electron chi connectivity index (χ0n) is 11.6. The summed E-state index contributed by atoms with van der Waals surface area (Å²) in [4.78, 5) is 34.8.